The summed E-state index contributed by atoms with van der Waals surface area (Å²) < 4.78 is 2.18. The number of hydrogen-bond donors (Lipinski definition) is 0. The van der Waals surface area contributed by atoms with E-state index < -0.39 is 0 Å². The minimum absolute atomic E-state index is 0.740. The molecule has 4 rings (SSSR count). The number of para-hydroxylation sites is 1. The smallest absolute Gasteiger partial charge is 0.196 e. The Balaban J connectivity index is 1.67. The molecule has 0 fully saturated rings. The lowest BCUT2D eigenvalue weighted by Gasteiger charge is -2.13. The first kappa shape index (κ1) is 18.8. The molecule has 0 aliphatic rings. The van der Waals surface area contributed by atoms with Gasteiger partial charge < -0.3 is 0 Å². The first-order chi connectivity index (χ1) is 13.7. The number of benzene rings is 3. The molecule has 4 aromatic rings. The van der Waals surface area contributed by atoms with Crippen LogP contribution in [-0.2, 0) is 12.2 Å². The Morgan fingerprint density at radius 3 is 2.29 bits per heavy atom. The maximum absolute atomic E-state index is 6.00. The summed E-state index contributed by atoms with van der Waals surface area (Å²) in [4.78, 5) is 0. The lowest BCUT2D eigenvalue weighted by molar-refractivity contribution is 0.841. The SMILES string of the molecule is Cc1ccccc1-n1c(Cc2ccccc2)nnc1SCc1ccc(Cl)cc1. The van der Waals surface area contributed by atoms with Crippen molar-refractivity contribution in [3.8, 4) is 5.69 Å². The Morgan fingerprint density at radius 1 is 0.821 bits per heavy atom. The predicted octanol–water partition coefficient (Wildman–Crippen LogP) is 6.11. The number of rotatable bonds is 6. The maximum Gasteiger partial charge on any atom is 0.196 e. The van der Waals surface area contributed by atoms with Gasteiger partial charge in [-0.05, 0) is 41.8 Å². The van der Waals surface area contributed by atoms with E-state index in [-0.39, 0.29) is 0 Å². The van der Waals surface area contributed by atoms with Crippen molar-refractivity contribution in [1.82, 2.24) is 14.8 Å². The quantitative estimate of drug-likeness (QED) is 0.362. The Hall–Kier alpha value is -2.56. The molecule has 0 saturated heterocycles. The van der Waals surface area contributed by atoms with Gasteiger partial charge in [0.1, 0.15) is 5.82 Å². The second-order valence-corrected chi connectivity index (χ2v) is 7.98. The monoisotopic (exact) mass is 405 g/mol. The van der Waals surface area contributed by atoms with Gasteiger partial charge in [-0.2, -0.15) is 0 Å². The van der Waals surface area contributed by atoms with Crippen LogP contribution in [0.5, 0.6) is 0 Å². The van der Waals surface area contributed by atoms with E-state index in [9.17, 15) is 0 Å². The molecule has 1 heterocycles. The standard InChI is InChI=1S/C23H20ClN3S/c1-17-7-5-6-10-21(17)27-22(15-18-8-3-2-4-9-18)25-26-23(27)28-16-19-11-13-20(24)14-12-19/h2-14H,15-16H2,1H3. The Morgan fingerprint density at radius 2 is 1.54 bits per heavy atom. The third-order valence-corrected chi connectivity index (χ3v) is 5.80. The molecule has 0 unspecified atom stereocenters. The van der Waals surface area contributed by atoms with Gasteiger partial charge in [-0.3, -0.25) is 4.57 Å². The molecular weight excluding hydrogens is 386 g/mol. The number of aryl methyl sites for hydroxylation is 1. The summed E-state index contributed by atoms with van der Waals surface area (Å²) in [6, 6.07) is 26.7. The van der Waals surface area contributed by atoms with Crippen LogP contribution >= 0.6 is 23.4 Å². The fraction of sp³-hybridized carbons (Fsp3) is 0.130. The van der Waals surface area contributed by atoms with Crippen LogP contribution in [0.2, 0.25) is 5.02 Å². The highest BCUT2D eigenvalue weighted by Crippen LogP contribution is 2.28. The molecular formula is C23H20ClN3S. The zero-order chi connectivity index (χ0) is 19.3. The molecule has 28 heavy (non-hydrogen) atoms. The van der Waals surface area contributed by atoms with E-state index in [0.717, 1.165) is 33.9 Å². The van der Waals surface area contributed by atoms with Crippen LogP contribution < -0.4 is 0 Å². The summed E-state index contributed by atoms with van der Waals surface area (Å²) in [5, 5.41) is 10.7. The zero-order valence-electron chi connectivity index (χ0n) is 15.5. The highest BCUT2D eigenvalue weighted by Gasteiger charge is 2.16. The van der Waals surface area contributed by atoms with Crippen LogP contribution in [0.25, 0.3) is 5.69 Å². The zero-order valence-corrected chi connectivity index (χ0v) is 17.1. The molecule has 0 bridgehead atoms. The van der Waals surface area contributed by atoms with Crippen molar-refractivity contribution in [3.63, 3.8) is 0 Å². The first-order valence-corrected chi connectivity index (χ1v) is 10.5. The van der Waals surface area contributed by atoms with Gasteiger partial charge in [0.2, 0.25) is 0 Å². The molecule has 5 heteroatoms. The van der Waals surface area contributed by atoms with Gasteiger partial charge in [-0.1, -0.05) is 84.0 Å². The molecule has 0 radical (unpaired) electrons. The molecule has 0 spiro atoms. The Bertz CT molecular complexity index is 1060. The lowest BCUT2D eigenvalue weighted by atomic mass is 10.1. The average Bonchev–Trinajstić information content (AvgIpc) is 3.11. The van der Waals surface area contributed by atoms with E-state index >= 15 is 0 Å². The van der Waals surface area contributed by atoms with Gasteiger partial charge >= 0.3 is 0 Å². The largest absolute Gasteiger partial charge is 0.273 e. The molecule has 3 nitrogen and oxygen atoms in total. The van der Waals surface area contributed by atoms with Crippen molar-refractivity contribution >= 4 is 23.4 Å². The summed E-state index contributed by atoms with van der Waals surface area (Å²) >= 11 is 7.69. The van der Waals surface area contributed by atoms with Crippen LogP contribution in [0.4, 0.5) is 0 Å². The fourth-order valence-electron chi connectivity index (χ4n) is 3.07. The van der Waals surface area contributed by atoms with Crippen molar-refractivity contribution < 1.29 is 0 Å². The van der Waals surface area contributed by atoms with E-state index in [0.29, 0.717) is 0 Å². The molecule has 0 amide bonds. The predicted molar refractivity (Wildman–Crippen MR) is 116 cm³/mol. The molecule has 0 aliphatic heterocycles. The van der Waals surface area contributed by atoms with Crippen LogP contribution in [0.1, 0.15) is 22.5 Å². The summed E-state index contributed by atoms with van der Waals surface area (Å²) in [6.07, 6.45) is 0.740. The molecule has 0 N–H and O–H groups in total. The number of hydrogen-bond acceptors (Lipinski definition) is 3. The molecule has 1 aromatic heterocycles. The molecule has 0 saturated carbocycles. The van der Waals surface area contributed by atoms with Gasteiger partial charge in [-0.15, -0.1) is 10.2 Å². The normalized spacial score (nSPS) is 10.9. The third kappa shape index (κ3) is 4.29. The van der Waals surface area contributed by atoms with Gasteiger partial charge in [0.05, 0.1) is 5.69 Å². The van der Waals surface area contributed by atoms with E-state index in [2.05, 4.69) is 82.4 Å². The molecule has 0 atom stereocenters. The fourth-order valence-corrected chi connectivity index (χ4v) is 4.12. The minimum Gasteiger partial charge on any atom is -0.273 e. The summed E-state index contributed by atoms with van der Waals surface area (Å²) in [7, 11) is 0. The molecule has 0 aliphatic carbocycles. The number of aromatic nitrogens is 3. The number of halogens is 1. The van der Waals surface area contributed by atoms with Crippen LogP contribution in [0.15, 0.2) is 84.0 Å². The Kier molecular flexibility index (Phi) is 5.79. The summed E-state index contributed by atoms with van der Waals surface area (Å²) in [5.74, 6) is 1.76. The topological polar surface area (TPSA) is 30.7 Å². The molecule has 140 valence electrons. The van der Waals surface area contributed by atoms with E-state index in [1.54, 1.807) is 11.8 Å². The highest BCUT2D eigenvalue weighted by molar-refractivity contribution is 7.98. The van der Waals surface area contributed by atoms with Crippen LogP contribution in [0, 0.1) is 6.92 Å². The van der Waals surface area contributed by atoms with Gasteiger partial charge in [0.15, 0.2) is 5.16 Å². The third-order valence-electron chi connectivity index (χ3n) is 4.54. The Labute approximate surface area is 174 Å². The first-order valence-electron chi connectivity index (χ1n) is 9.12. The highest BCUT2D eigenvalue weighted by atomic mass is 35.5. The van der Waals surface area contributed by atoms with E-state index in [4.69, 9.17) is 11.6 Å². The van der Waals surface area contributed by atoms with Crippen molar-refractivity contribution in [3.05, 3.63) is 106 Å². The van der Waals surface area contributed by atoms with Crippen molar-refractivity contribution in [2.24, 2.45) is 0 Å². The van der Waals surface area contributed by atoms with E-state index in [1.165, 1.54) is 16.7 Å². The van der Waals surface area contributed by atoms with Crippen LogP contribution in [0.3, 0.4) is 0 Å². The lowest BCUT2D eigenvalue weighted by Crippen LogP contribution is -2.05. The summed E-state index contributed by atoms with van der Waals surface area (Å²) in [5.41, 5.74) is 4.75. The molecule has 3 aromatic carbocycles. The maximum atomic E-state index is 6.00. The van der Waals surface area contributed by atoms with Crippen molar-refractivity contribution in [2.75, 3.05) is 0 Å². The second-order valence-electron chi connectivity index (χ2n) is 6.60. The number of thioether (sulfide) groups is 1. The van der Waals surface area contributed by atoms with Crippen molar-refractivity contribution in [2.45, 2.75) is 24.3 Å². The average molecular weight is 406 g/mol. The van der Waals surface area contributed by atoms with Gasteiger partial charge in [0.25, 0.3) is 0 Å². The van der Waals surface area contributed by atoms with Gasteiger partial charge in [-0.25, -0.2) is 0 Å². The number of nitrogens with zero attached hydrogens (tertiary/aromatic N) is 3. The van der Waals surface area contributed by atoms with E-state index in [1.807, 2.05) is 18.2 Å². The van der Waals surface area contributed by atoms with Crippen LogP contribution in [-0.4, -0.2) is 14.8 Å². The second kappa shape index (κ2) is 8.63. The summed E-state index contributed by atoms with van der Waals surface area (Å²) in [6.45, 7) is 2.12. The van der Waals surface area contributed by atoms with Gasteiger partial charge in [0, 0.05) is 17.2 Å². The van der Waals surface area contributed by atoms with Crippen molar-refractivity contribution in [1.29, 1.82) is 0 Å². The minimum atomic E-state index is 0.740.